The van der Waals surface area contributed by atoms with Crippen molar-refractivity contribution in [1.29, 1.82) is 0 Å². The number of nitrogens with zero attached hydrogens (tertiary/aromatic N) is 1. The number of rotatable bonds is 12. The summed E-state index contributed by atoms with van der Waals surface area (Å²) in [5.74, 6) is -0.362. The Morgan fingerprint density at radius 3 is 1.83 bits per heavy atom. The lowest BCUT2D eigenvalue weighted by molar-refractivity contribution is 0.0525. The number of benzene rings is 3. The Kier molecular flexibility index (Phi) is 13.2. The number of nitrogens with one attached hydrogen (secondary N) is 4. The number of alkyl carbamates (subject to hydrolysis) is 1. The van der Waals surface area contributed by atoms with Crippen molar-refractivity contribution >= 4 is 35.5 Å². The molecule has 0 atom stereocenters. The molecule has 0 heterocycles. The van der Waals surface area contributed by atoms with E-state index in [1.54, 1.807) is 95.0 Å². The number of urea groups is 1. The van der Waals surface area contributed by atoms with E-state index in [1.807, 2.05) is 30.3 Å². The SMILES string of the molecule is CC(C)(C)OC(=O)NCCCN(Cc1ccc(C(=O)Nc2ccccc2NC(=O)OC(C)(C)C)cc1)C(=O)NCCc1ccccc1. The Balaban J connectivity index is 1.62. The maximum atomic E-state index is 13.2. The van der Waals surface area contributed by atoms with E-state index in [0.717, 1.165) is 11.1 Å². The van der Waals surface area contributed by atoms with Crippen LogP contribution in [0.25, 0.3) is 0 Å². The summed E-state index contributed by atoms with van der Waals surface area (Å²) in [4.78, 5) is 52.3. The van der Waals surface area contributed by atoms with Gasteiger partial charge in [-0.05, 0) is 89.8 Å². The van der Waals surface area contributed by atoms with Crippen LogP contribution in [0.5, 0.6) is 0 Å². The second-order valence-corrected chi connectivity index (χ2v) is 13.0. The molecule has 0 saturated carbocycles. The first kappa shape index (κ1) is 36.4. The van der Waals surface area contributed by atoms with Gasteiger partial charge in [0.25, 0.3) is 5.91 Å². The highest BCUT2D eigenvalue weighted by Crippen LogP contribution is 2.23. The molecule has 0 spiro atoms. The fourth-order valence-corrected chi connectivity index (χ4v) is 4.39. The van der Waals surface area contributed by atoms with Gasteiger partial charge in [0, 0.05) is 31.7 Å². The van der Waals surface area contributed by atoms with Crippen molar-refractivity contribution in [2.45, 2.75) is 72.1 Å². The summed E-state index contributed by atoms with van der Waals surface area (Å²) in [6, 6.07) is 23.5. The Bertz CT molecular complexity index is 1480. The van der Waals surface area contributed by atoms with Gasteiger partial charge in [-0.1, -0.05) is 54.6 Å². The minimum atomic E-state index is -0.667. The molecule has 0 aliphatic heterocycles. The quantitative estimate of drug-likeness (QED) is 0.157. The topological polar surface area (TPSA) is 138 Å². The Hall–Kier alpha value is -5.06. The molecular formula is C36H47N5O6. The van der Waals surface area contributed by atoms with E-state index >= 15 is 0 Å². The molecule has 0 radical (unpaired) electrons. The molecule has 0 aliphatic carbocycles. The number of para-hydroxylation sites is 2. The van der Waals surface area contributed by atoms with Crippen molar-refractivity contribution in [2.24, 2.45) is 0 Å². The average Bonchev–Trinajstić information content (AvgIpc) is 2.98. The van der Waals surface area contributed by atoms with Crippen LogP contribution in [0.15, 0.2) is 78.9 Å². The minimum Gasteiger partial charge on any atom is -0.444 e. The van der Waals surface area contributed by atoms with E-state index in [4.69, 9.17) is 9.47 Å². The fourth-order valence-electron chi connectivity index (χ4n) is 4.39. The van der Waals surface area contributed by atoms with Crippen molar-refractivity contribution in [1.82, 2.24) is 15.5 Å². The number of carbonyl (C=O) groups is 4. The van der Waals surface area contributed by atoms with Crippen LogP contribution in [0.1, 0.15) is 69.4 Å². The van der Waals surface area contributed by atoms with Crippen molar-refractivity contribution in [2.75, 3.05) is 30.3 Å². The molecule has 0 unspecified atom stereocenters. The van der Waals surface area contributed by atoms with Gasteiger partial charge in [-0.15, -0.1) is 0 Å². The first-order valence-electron chi connectivity index (χ1n) is 15.7. The molecule has 3 rings (SSSR count). The molecule has 11 nitrogen and oxygen atoms in total. The lowest BCUT2D eigenvalue weighted by Crippen LogP contribution is -2.42. The molecule has 0 saturated heterocycles. The molecule has 5 amide bonds. The monoisotopic (exact) mass is 645 g/mol. The van der Waals surface area contributed by atoms with Crippen LogP contribution < -0.4 is 21.3 Å². The largest absolute Gasteiger partial charge is 0.444 e. The van der Waals surface area contributed by atoms with Gasteiger partial charge in [0.15, 0.2) is 0 Å². The van der Waals surface area contributed by atoms with Gasteiger partial charge in [0.2, 0.25) is 0 Å². The van der Waals surface area contributed by atoms with Crippen LogP contribution in [0.3, 0.4) is 0 Å². The summed E-state index contributed by atoms with van der Waals surface area (Å²) in [6.07, 6.45) is 0.0787. The average molecular weight is 646 g/mol. The first-order chi connectivity index (χ1) is 22.2. The van der Waals surface area contributed by atoms with Crippen LogP contribution in [-0.2, 0) is 22.4 Å². The number of hydrogen-bond donors (Lipinski definition) is 4. The van der Waals surface area contributed by atoms with Gasteiger partial charge in [-0.25, -0.2) is 14.4 Å². The lowest BCUT2D eigenvalue weighted by atomic mass is 10.1. The zero-order valence-corrected chi connectivity index (χ0v) is 28.1. The Labute approximate surface area is 277 Å². The molecule has 0 bridgehead atoms. The van der Waals surface area contributed by atoms with Gasteiger partial charge in [0.05, 0.1) is 11.4 Å². The summed E-state index contributed by atoms with van der Waals surface area (Å²) < 4.78 is 10.6. The predicted molar refractivity (Wildman–Crippen MR) is 184 cm³/mol. The molecule has 4 N–H and O–H groups in total. The van der Waals surface area contributed by atoms with E-state index in [9.17, 15) is 19.2 Å². The molecule has 47 heavy (non-hydrogen) atoms. The highest BCUT2D eigenvalue weighted by atomic mass is 16.6. The molecule has 3 aromatic carbocycles. The Morgan fingerprint density at radius 2 is 1.21 bits per heavy atom. The normalized spacial score (nSPS) is 11.2. The van der Waals surface area contributed by atoms with Gasteiger partial charge in [-0.3, -0.25) is 10.1 Å². The number of anilines is 2. The van der Waals surface area contributed by atoms with Gasteiger partial charge >= 0.3 is 18.2 Å². The third kappa shape index (κ3) is 13.9. The molecule has 3 aromatic rings. The smallest absolute Gasteiger partial charge is 0.412 e. The highest BCUT2D eigenvalue weighted by molar-refractivity contribution is 6.06. The van der Waals surface area contributed by atoms with Crippen molar-refractivity contribution in [3.8, 4) is 0 Å². The summed E-state index contributed by atoms with van der Waals surface area (Å²) >= 11 is 0. The van der Waals surface area contributed by atoms with E-state index in [1.165, 1.54) is 0 Å². The van der Waals surface area contributed by atoms with Crippen molar-refractivity contribution in [3.63, 3.8) is 0 Å². The number of carbonyl (C=O) groups excluding carboxylic acids is 4. The number of ether oxygens (including phenoxy) is 2. The summed E-state index contributed by atoms with van der Waals surface area (Å²) in [5, 5.41) is 11.2. The summed E-state index contributed by atoms with van der Waals surface area (Å²) in [7, 11) is 0. The van der Waals surface area contributed by atoms with Crippen molar-refractivity contribution in [3.05, 3.63) is 95.6 Å². The van der Waals surface area contributed by atoms with Crippen LogP contribution >= 0.6 is 0 Å². The van der Waals surface area contributed by atoms with Crippen LogP contribution in [-0.4, -0.2) is 59.9 Å². The maximum absolute atomic E-state index is 13.2. The predicted octanol–water partition coefficient (Wildman–Crippen LogP) is 6.96. The third-order valence-electron chi connectivity index (χ3n) is 6.49. The second kappa shape index (κ2) is 17.0. The van der Waals surface area contributed by atoms with E-state index in [2.05, 4.69) is 21.3 Å². The van der Waals surface area contributed by atoms with Crippen molar-refractivity contribution < 1.29 is 28.7 Å². The Morgan fingerprint density at radius 1 is 0.638 bits per heavy atom. The fraction of sp³-hybridized carbons (Fsp3) is 0.389. The number of hydrogen-bond acceptors (Lipinski definition) is 6. The van der Waals surface area contributed by atoms with Gasteiger partial charge < -0.3 is 30.3 Å². The van der Waals surface area contributed by atoms with E-state index in [-0.39, 0.29) is 11.9 Å². The highest BCUT2D eigenvalue weighted by Gasteiger charge is 2.19. The molecule has 252 valence electrons. The second-order valence-electron chi connectivity index (χ2n) is 13.0. The number of amides is 5. The molecule has 0 aromatic heterocycles. The first-order valence-corrected chi connectivity index (χ1v) is 15.7. The summed E-state index contributed by atoms with van der Waals surface area (Å²) in [6.45, 7) is 12.2. The standard InChI is InChI=1S/C36H47N5O6/c1-35(2,3)46-33(44)38-22-12-24-41(32(43)37-23-21-26-13-8-7-9-14-26)25-27-17-19-28(20-18-27)31(42)39-29-15-10-11-16-30(29)40-34(45)47-36(4,5)6/h7-11,13-20H,12,21-25H2,1-6H3,(H,37,43)(H,38,44)(H,39,42)(H,40,45). The maximum Gasteiger partial charge on any atom is 0.412 e. The summed E-state index contributed by atoms with van der Waals surface area (Å²) in [5.41, 5.74) is 1.91. The van der Waals surface area contributed by atoms with E-state index < -0.39 is 23.4 Å². The minimum absolute atomic E-state index is 0.228. The zero-order valence-electron chi connectivity index (χ0n) is 28.1. The van der Waals surface area contributed by atoms with Gasteiger partial charge in [0.1, 0.15) is 11.2 Å². The molecular weight excluding hydrogens is 598 g/mol. The van der Waals surface area contributed by atoms with Gasteiger partial charge in [-0.2, -0.15) is 0 Å². The van der Waals surface area contributed by atoms with Crippen LogP contribution in [0.2, 0.25) is 0 Å². The zero-order chi connectivity index (χ0) is 34.5. The molecule has 11 heteroatoms. The van der Waals surface area contributed by atoms with Crippen LogP contribution in [0.4, 0.5) is 25.8 Å². The molecule has 0 fully saturated rings. The third-order valence-corrected chi connectivity index (χ3v) is 6.49. The van der Waals surface area contributed by atoms with Crippen LogP contribution in [0, 0.1) is 0 Å². The van der Waals surface area contributed by atoms with E-state index in [0.29, 0.717) is 56.0 Å². The molecule has 0 aliphatic rings. The lowest BCUT2D eigenvalue weighted by Gasteiger charge is -2.24.